The van der Waals surface area contributed by atoms with Gasteiger partial charge >= 0.3 is 6.03 Å². The molecule has 1 atom stereocenters. The van der Waals surface area contributed by atoms with Gasteiger partial charge in [0.05, 0.1) is 6.10 Å². The van der Waals surface area contributed by atoms with Crippen LogP contribution in [0.5, 0.6) is 5.75 Å². The van der Waals surface area contributed by atoms with Gasteiger partial charge in [-0.2, -0.15) is 0 Å². The minimum Gasteiger partial charge on any atom is -0.491 e. The molecule has 24 heavy (non-hydrogen) atoms. The van der Waals surface area contributed by atoms with Crippen LogP contribution in [0.2, 0.25) is 0 Å². The average molecular weight is 338 g/mol. The Morgan fingerprint density at radius 3 is 2.92 bits per heavy atom. The molecule has 1 unspecified atom stereocenters. The van der Waals surface area contributed by atoms with Gasteiger partial charge in [0.2, 0.25) is 0 Å². The molecule has 1 aromatic rings. The molecule has 2 rings (SSSR count). The average Bonchev–Trinajstić information content (AvgIpc) is 3.11. The van der Waals surface area contributed by atoms with Crippen molar-refractivity contribution in [3.8, 4) is 5.75 Å². The molecule has 7 heteroatoms. The van der Waals surface area contributed by atoms with E-state index in [-0.39, 0.29) is 37.8 Å². The smallest absolute Gasteiger partial charge is 0.321 e. The van der Waals surface area contributed by atoms with E-state index in [2.05, 4.69) is 5.32 Å². The molecule has 0 radical (unpaired) electrons. The summed E-state index contributed by atoms with van der Waals surface area (Å²) in [6, 6.07) is 6.88. The van der Waals surface area contributed by atoms with Crippen molar-refractivity contribution in [1.29, 1.82) is 0 Å². The number of amides is 2. The van der Waals surface area contributed by atoms with E-state index < -0.39 is 0 Å². The molecule has 1 saturated heterocycles. The second kappa shape index (κ2) is 9.46. The van der Waals surface area contributed by atoms with Gasteiger partial charge in [-0.05, 0) is 25.0 Å². The highest BCUT2D eigenvalue weighted by atomic mass is 16.5. The van der Waals surface area contributed by atoms with Crippen LogP contribution < -0.4 is 10.1 Å². The molecule has 2 amide bonds. The van der Waals surface area contributed by atoms with Crippen LogP contribution in [0, 0.1) is 5.92 Å². The normalized spacial score (nSPS) is 17.1. The highest BCUT2D eigenvalue weighted by molar-refractivity contribution is 5.89. The molecule has 0 saturated carbocycles. The monoisotopic (exact) mass is 338 g/mol. The topological polar surface area (TPSA) is 91.3 Å². The van der Waals surface area contributed by atoms with Crippen molar-refractivity contribution in [2.45, 2.75) is 18.9 Å². The minimum absolute atomic E-state index is 0.142. The van der Waals surface area contributed by atoms with E-state index in [9.17, 15) is 4.79 Å². The van der Waals surface area contributed by atoms with Crippen molar-refractivity contribution < 1.29 is 24.5 Å². The number of carbonyl (C=O) groups is 1. The molecular formula is C17H26N2O5. The van der Waals surface area contributed by atoms with Crippen molar-refractivity contribution in [1.82, 2.24) is 4.90 Å². The van der Waals surface area contributed by atoms with Crippen molar-refractivity contribution in [2.75, 3.05) is 45.3 Å². The third-order valence-electron chi connectivity index (χ3n) is 3.94. The van der Waals surface area contributed by atoms with E-state index in [1.54, 1.807) is 19.2 Å². The summed E-state index contributed by atoms with van der Waals surface area (Å²) in [6.07, 6.45) is 2.22. The molecule has 1 fully saturated rings. The Hall–Kier alpha value is -1.83. The number of hydrogen-bond donors (Lipinski definition) is 3. The Labute approximate surface area is 142 Å². The number of urea groups is 1. The predicted molar refractivity (Wildman–Crippen MR) is 90.2 cm³/mol. The molecule has 1 aliphatic heterocycles. The summed E-state index contributed by atoms with van der Waals surface area (Å²) >= 11 is 0. The van der Waals surface area contributed by atoms with Crippen molar-refractivity contribution in [3.63, 3.8) is 0 Å². The number of benzene rings is 1. The fraction of sp³-hybridized carbons (Fsp3) is 0.588. The molecule has 1 heterocycles. The Kier molecular flexibility index (Phi) is 7.30. The minimum atomic E-state index is -0.346. The number of aliphatic hydroxyl groups excluding tert-OH is 2. The standard InChI is InChI=1S/C17H26N2O5/c1-19(9-13(10-20)11-21)17(22)18-14-4-2-5-15(8-14)24-12-16-6-3-7-23-16/h2,4-5,8,13,16,20-21H,3,6-7,9-12H2,1H3,(H,18,22). The van der Waals surface area contributed by atoms with E-state index in [1.807, 2.05) is 12.1 Å². The van der Waals surface area contributed by atoms with Crippen molar-refractivity contribution >= 4 is 11.7 Å². The SMILES string of the molecule is CN(CC(CO)CO)C(=O)Nc1cccc(OCC2CCCO2)c1. The molecule has 7 nitrogen and oxygen atoms in total. The van der Waals surface area contributed by atoms with E-state index in [0.717, 1.165) is 19.4 Å². The van der Waals surface area contributed by atoms with Crippen LogP contribution in [0.25, 0.3) is 0 Å². The van der Waals surface area contributed by atoms with Crippen LogP contribution in [-0.2, 0) is 4.74 Å². The first-order chi connectivity index (χ1) is 11.6. The Morgan fingerprint density at radius 1 is 1.46 bits per heavy atom. The summed E-state index contributed by atoms with van der Waals surface area (Å²) in [4.78, 5) is 13.6. The van der Waals surface area contributed by atoms with Crippen LogP contribution in [0.3, 0.4) is 0 Å². The number of rotatable bonds is 8. The highest BCUT2D eigenvalue weighted by Crippen LogP contribution is 2.20. The maximum atomic E-state index is 12.1. The van der Waals surface area contributed by atoms with Gasteiger partial charge in [0, 0.05) is 51.1 Å². The van der Waals surface area contributed by atoms with Crippen molar-refractivity contribution in [2.24, 2.45) is 5.92 Å². The molecule has 0 aliphatic carbocycles. The Morgan fingerprint density at radius 2 is 2.25 bits per heavy atom. The van der Waals surface area contributed by atoms with Crippen LogP contribution in [-0.4, -0.2) is 67.3 Å². The number of ether oxygens (including phenoxy) is 2. The summed E-state index contributed by atoms with van der Waals surface area (Å²) in [6.45, 7) is 1.24. The predicted octanol–water partition coefficient (Wildman–Crippen LogP) is 1.31. The lowest BCUT2D eigenvalue weighted by Crippen LogP contribution is -2.37. The molecule has 134 valence electrons. The Bertz CT molecular complexity index is 515. The zero-order chi connectivity index (χ0) is 17.4. The van der Waals surface area contributed by atoms with Gasteiger partial charge in [-0.1, -0.05) is 6.07 Å². The van der Waals surface area contributed by atoms with Crippen molar-refractivity contribution in [3.05, 3.63) is 24.3 Å². The first-order valence-electron chi connectivity index (χ1n) is 8.20. The van der Waals surface area contributed by atoms with Gasteiger partial charge < -0.3 is 29.9 Å². The summed E-state index contributed by atoms with van der Waals surface area (Å²) in [7, 11) is 1.62. The first kappa shape index (κ1) is 18.5. The van der Waals surface area contributed by atoms with Gasteiger partial charge in [-0.3, -0.25) is 0 Å². The van der Waals surface area contributed by atoms with E-state index in [0.29, 0.717) is 18.0 Å². The van der Waals surface area contributed by atoms with Crippen LogP contribution in [0.15, 0.2) is 24.3 Å². The molecule has 1 aromatic carbocycles. The fourth-order valence-corrected chi connectivity index (χ4v) is 2.49. The molecule has 3 N–H and O–H groups in total. The van der Waals surface area contributed by atoms with E-state index >= 15 is 0 Å². The van der Waals surface area contributed by atoms with Gasteiger partial charge in [0.25, 0.3) is 0 Å². The largest absolute Gasteiger partial charge is 0.491 e. The summed E-state index contributed by atoms with van der Waals surface area (Å²) in [5, 5.41) is 20.9. The summed E-state index contributed by atoms with van der Waals surface area (Å²) in [5.74, 6) is 0.330. The zero-order valence-corrected chi connectivity index (χ0v) is 14.0. The van der Waals surface area contributed by atoms with Crippen LogP contribution >= 0.6 is 0 Å². The lowest BCUT2D eigenvalue weighted by Gasteiger charge is -2.22. The Balaban J connectivity index is 1.84. The van der Waals surface area contributed by atoms with E-state index in [4.69, 9.17) is 19.7 Å². The molecular weight excluding hydrogens is 312 g/mol. The lowest BCUT2D eigenvalue weighted by molar-refractivity contribution is 0.0680. The molecule has 0 spiro atoms. The first-order valence-corrected chi connectivity index (χ1v) is 8.20. The second-order valence-electron chi connectivity index (χ2n) is 6.02. The lowest BCUT2D eigenvalue weighted by atomic mass is 10.2. The number of nitrogens with zero attached hydrogens (tertiary/aromatic N) is 1. The quantitative estimate of drug-likeness (QED) is 0.665. The van der Waals surface area contributed by atoms with Gasteiger partial charge in [0.1, 0.15) is 12.4 Å². The third kappa shape index (κ3) is 5.67. The van der Waals surface area contributed by atoms with Gasteiger partial charge in [-0.15, -0.1) is 0 Å². The van der Waals surface area contributed by atoms with Crippen LogP contribution in [0.4, 0.5) is 10.5 Å². The number of hydrogen-bond acceptors (Lipinski definition) is 5. The summed E-state index contributed by atoms with van der Waals surface area (Å²) < 4.78 is 11.2. The molecule has 1 aliphatic rings. The maximum Gasteiger partial charge on any atom is 0.321 e. The number of aliphatic hydroxyl groups is 2. The molecule has 0 aromatic heterocycles. The van der Waals surface area contributed by atoms with Gasteiger partial charge in [-0.25, -0.2) is 4.79 Å². The fourth-order valence-electron chi connectivity index (χ4n) is 2.49. The highest BCUT2D eigenvalue weighted by Gasteiger charge is 2.17. The van der Waals surface area contributed by atoms with Gasteiger partial charge in [0.15, 0.2) is 0 Å². The maximum absolute atomic E-state index is 12.1. The second-order valence-corrected chi connectivity index (χ2v) is 6.02. The number of carbonyl (C=O) groups excluding carboxylic acids is 1. The number of nitrogens with one attached hydrogen (secondary N) is 1. The zero-order valence-electron chi connectivity index (χ0n) is 14.0. The molecule has 0 bridgehead atoms. The van der Waals surface area contributed by atoms with Crippen LogP contribution in [0.1, 0.15) is 12.8 Å². The number of anilines is 1. The third-order valence-corrected chi connectivity index (χ3v) is 3.94. The van der Waals surface area contributed by atoms with E-state index in [1.165, 1.54) is 4.90 Å². The summed E-state index contributed by atoms with van der Waals surface area (Å²) in [5.41, 5.74) is 0.626.